The fourth-order valence-corrected chi connectivity index (χ4v) is 7.08. The van der Waals surface area contributed by atoms with E-state index in [-0.39, 0.29) is 22.9 Å². The highest BCUT2D eigenvalue weighted by Crippen LogP contribution is 2.68. The van der Waals surface area contributed by atoms with Crippen LogP contribution in [0.15, 0.2) is 42.1 Å². The van der Waals surface area contributed by atoms with Crippen LogP contribution in [-0.4, -0.2) is 55.9 Å². The molecule has 6 rings (SSSR count). The predicted molar refractivity (Wildman–Crippen MR) is 112 cm³/mol. The van der Waals surface area contributed by atoms with Gasteiger partial charge in [0.15, 0.2) is 0 Å². The lowest BCUT2D eigenvalue weighted by Crippen LogP contribution is -2.63. The number of hydrogen-bond acceptors (Lipinski definition) is 6. The normalized spacial score (nSPS) is 37.5. The Bertz CT molecular complexity index is 987. The summed E-state index contributed by atoms with van der Waals surface area (Å²) in [6.07, 6.45) is 4.98. The number of nitrogens with zero attached hydrogens (tertiary/aromatic N) is 1. The molecular weight excluding hydrogens is 380 g/mol. The number of rotatable bonds is 5. The molecule has 0 unspecified atom stereocenters. The Balaban J connectivity index is 1.56. The second-order valence-corrected chi connectivity index (χ2v) is 9.25. The minimum atomic E-state index is -0.222. The van der Waals surface area contributed by atoms with Crippen LogP contribution in [0.3, 0.4) is 0 Å². The van der Waals surface area contributed by atoms with Crippen LogP contribution >= 0.6 is 0 Å². The van der Waals surface area contributed by atoms with Gasteiger partial charge < -0.3 is 19.5 Å². The summed E-state index contributed by atoms with van der Waals surface area (Å²) in [5.41, 5.74) is 3.86. The summed E-state index contributed by atoms with van der Waals surface area (Å²) in [4.78, 5) is 15.6. The fourth-order valence-electron chi connectivity index (χ4n) is 7.08. The van der Waals surface area contributed by atoms with Gasteiger partial charge >= 0.3 is 5.97 Å². The highest BCUT2D eigenvalue weighted by atomic mass is 16.6. The quantitative estimate of drug-likeness (QED) is 0.459. The third-order valence-electron chi connectivity index (χ3n) is 8.18. The summed E-state index contributed by atoms with van der Waals surface area (Å²) >= 11 is 0. The molecule has 6 heteroatoms. The minimum Gasteiger partial charge on any atom is -0.489 e. The second-order valence-electron chi connectivity index (χ2n) is 9.25. The van der Waals surface area contributed by atoms with E-state index in [1.54, 1.807) is 6.08 Å². The van der Waals surface area contributed by atoms with Gasteiger partial charge in [0.1, 0.15) is 12.4 Å². The Morgan fingerprint density at radius 3 is 3.10 bits per heavy atom. The number of anilines is 1. The molecule has 30 heavy (non-hydrogen) atoms. The Labute approximate surface area is 176 Å². The van der Waals surface area contributed by atoms with Crippen LogP contribution in [0.25, 0.3) is 0 Å². The Kier molecular flexibility index (Phi) is 3.76. The van der Waals surface area contributed by atoms with Crippen molar-refractivity contribution in [3.8, 4) is 5.75 Å². The number of nitrogens with one attached hydrogen (secondary N) is 1. The van der Waals surface area contributed by atoms with Crippen LogP contribution in [0.5, 0.6) is 5.75 Å². The first-order valence-electron chi connectivity index (χ1n) is 11.0. The van der Waals surface area contributed by atoms with Crippen molar-refractivity contribution in [2.75, 3.05) is 32.1 Å². The van der Waals surface area contributed by atoms with Crippen LogP contribution in [0.2, 0.25) is 0 Å². The van der Waals surface area contributed by atoms with Crippen molar-refractivity contribution in [1.29, 1.82) is 0 Å². The zero-order valence-electron chi connectivity index (χ0n) is 17.6. The molecular formula is C24H28N2O4. The van der Waals surface area contributed by atoms with E-state index in [1.807, 2.05) is 6.07 Å². The molecule has 0 radical (unpaired) electrons. The van der Waals surface area contributed by atoms with Gasteiger partial charge in [0.25, 0.3) is 0 Å². The number of fused-ring (bicyclic) bond motifs is 3. The molecule has 4 aliphatic heterocycles. The zero-order chi connectivity index (χ0) is 20.7. The lowest BCUT2D eigenvalue weighted by Gasteiger charge is -2.54. The van der Waals surface area contributed by atoms with Crippen LogP contribution < -0.4 is 10.1 Å². The average Bonchev–Trinajstić information content (AvgIpc) is 3.36. The van der Waals surface area contributed by atoms with Gasteiger partial charge in [-0.05, 0) is 37.4 Å². The molecule has 3 saturated heterocycles. The van der Waals surface area contributed by atoms with Crippen molar-refractivity contribution in [2.24, 2.45) is 5.41 Å². The van der Waals surface area contributed by atoms with Gasteiger partial charge in [0, 0.05) is 35.5 Å². The topological polar surface area (TPSA) is 63.3 Å². The molecule has 1 aromatic rings. The first-order valence-corrected chi connectivity index (χ1v) is 11.0. The molecule has 0 amide bonds. The monoisotopic (exact) mass is 408 g/mol. The van der Waals surface area contributed by atoms with E-state index in [0.717, 1.165) is 48.6 Å². The molecule has 0 bridgehead atoms. The van der Waals surface area contributed by atoms with Gasteiger partial charge in [-0.3, -0.25) is 4.90 Å². The number of carbonyl (C=O) groups excluding carboxylic acids is 1. The molecule has 6 nitrogen and oxygen atoms in total. The molecule has 1 N–H and O–H groups in total. The number of esters is 1. The molecule has 4 heterocycles. The summed E-state index contributed by atoms with van der Waals surface area (Å²) in [7, 11) is 1.48. The van der Waals surface area contributed by atoms with Crippen LogP contribution in [-0.2, 0) is 19.7 Å². The molecule has 5 atom stereocenters. The summed E-state index contributed by atoms with van der Waals surface area (Å²) in [5, 5.41) is 3.65. The second kappa shape index (κ2) is 6.11. The summed E-state index contributed by atoms with van der Waals surface area (Å²) in [6.45, 7) is 8.47. The first-order chi connectivity index (χ1) is 14.6. The van der Waals surface area contributed by atoms with E-state index in [1.165, 1.54) is 12.7 Å². The predicted octanol–water partition coefficient (Wildman–Crippen LogP) is 3.00. The molecule has 0 aromatic heterocycles. The van der Waals surface area contributed by atoms with Crippen LogP contribution in [0, 0.1) is 5.41 Å². The third-order valence-corrected chi connectivity index (χ3v) is 8.18. The van der Waals surface area contributed by atoms with Crippen molar-refractivity contribution >= 4 is 11.7 Å². The van der Waals surface area contributed by atoms with Crippen LogP contribution in [0.1, 0.15) is 31.7 Å². The van der Waals surface area contributed by atoms with Crippen molar-refractivity contribution in [3.05, 3.63) is 47.7 Å². The molecule has 1 spiro atoms. The number of hydrogen-bond donors (Lipinski definition) is 1. The van der Waals surface area contributed by atoms with E-state index in [4.69, 9.17) is 14.2 Å². The summed E-state index contributed by atoms with van der Waals surface area (Å²) < 4.78 is 17.2. The number of methoxy groups -OCH3 is 1. The highest BCUT2D eigenvalue weighted by Gasteiger charge is 2.73. The maximum atomic E-state index is 13.0. The molecule has 3 fully saturated rings. The number of piperidine rings is 1. The van der Waals surface area contributed by atoms with Crippen molar-refractivity contribution in [2.45, 2.75) is 49.9 Å². The number of carbonyl (C=O) groups is 1. The van der Waals surface area contributed by atoms with Gasteiger partial charge in [-0.25, -0.2) is 4.79 Å². The van der Waals surface area contributed by atoms with E-state index >= 15 is 0 Å². The van der Waals surface area contributed by atoms with E-state index < -0.39 is 0 Å². The largest absolute Gasteiger partial charge is 0.489 e. The maximum Gasteiger partial charge on any atom is 0.335 e. The Morgan fingerprint density at radius 1 is 1.47 bits per heavy atom. The number of epoxide rings is 1. The standard InChI is InChI=1S/C24H28N2O4/c1-4-10-29-14-6-7-16-17(11-14)25-19-15(21(27)28-3)12-23(5-2)20-18(30-20)13-26-9-8-24(16,19)22(23)26/h4,6-7,11,18,20,22,25H,1,5,8-10,12-13H2,2-3H3/t18-,20-,22+,23-,24+/m1/s1. The van der Waals surface area contributed by atoms with E-state index in [9.17, 15) is 4.79 Å². The highest BCUT2D eigenvalue weighted by molar-refractivity contribution is 5.93. The smallest absolute Gasteiger partial charge is 0.335 e. The Morgan fingerprint density at radius 2 is 2.33 bits per heavy atom. The van der Waals surface area contributed by atoms with Crippen molar-refractivity contribution in [1.82, 2.24) is 4.90 Å². The van der Waals surface area contributed by atoms with Gasteiger partial charge in [0.05, 0.1) is 30.3 Å². The van der Waals surface area contributed by atoms with Crippen LogP contribution in [0.4, 0.5) is 5.69 Å². The molecule has 158 valence electrons. The number of benzene rings is 1. The zero-order valence-corrected chi connectivity index (χ0v) is 17.6. The van der Waals surface area contributed by atoms with E-state index in [0.29, 0.717) is 25.2 Å². The lowest BCUT2D eigenvalue weighted by atomic mass is 9.53. The lowest BCUT2D eigenvalue weighted by molar-refractivity contribution is -0.137. The van der Waals surface area contributed by atoms with Gasteiger partial charge in [-0.1, -0.05) is 25.6 Å². The van der Waals surface area contributed by atoms with Gasteiger partial charge in [-0.2, -0.15) is 0 Å². The molecule has 0 saturated carbocycles. The van der Waals surface area contributed by atoms with Gasteiger partial charge in [0.2, 0.25) is 0 Å². The minimum absolute atomic E-state index is 0.0618. The van der Waals surface area contributed by atoms with Gasteiger partial charge in [-0.15, -0.1) is 0 Å². The van der Waals surface area contributed by atoms with Crippen molar-refractivity contribution < 1.29 is 19.0 Å². The summed E-state index contributed by atoms with van der Waals surface area (Å²) in [5.74, 6) is 0.586. The SMILES string of the molecule is C=CCOc1ccc2c(c1)NC1=C(C(=O)OC)C[C@]3(CC)[C@@H]4O[C@@H]4CN4CC[C@@]12[C@@H]43. The third kappa shape index (κ3) is 2.08. The Hall–Kier alpha value is -2.31. The molecule has 5 aliphatic rings. The number of ether oxygens (including phenoxy) is 3. The molecule has 1 aliphatic carbocycles. The molecule has 1 aromatic carbocycles. The fraction of sp³-hybridized carbons (Fsp3) is 0.542. The maximum absolute atomic E-state index is 13.0. The van der Waals surface area contributed by atoms with E-state index in [2.05, 4.69) is 35.9 Å². The average molecular weight is 408 g/mol. The summed E-state index contributed by atoms with van der Waals surface area (Å²) in [6, 6.07) is 6.63. The first kappa shape index (κ1) is 18.5. The van der Waals surface area contributed by atoms with Crippen molar-refractivity contribution in [3.63, 3.8) is 0 Å².